The quantitative estimate of drug-likeness (QED) is 0.326. The zero-order chi connectivity index (χ0) is 13.1. The van der Waals surface area contributed by atoms with E-state index in [1.54, 1.807) is 19.3 Å². The van der Waals surface area contributed by atoms with Gasteiger partial charge >= 0.3 is 0 Å². The Morgan fingerprint density at radius 1 is 1.17 bits per heavy atom. The standard InChI is InChI=1S/C14H18N4/c1-3-13-10-8-11-14(17-13)9-6-4-5-7-12-16-18-15-2/h4-8,10-12H,3,9H2,1-2H3/b6-4+,7-5+,16-12+,18-15+. The summed E-state index contributed by atoms with van der Waals surface area (Å²) in [5.41, 5.74) is 2.22. The number of rotatable bonds is 6. The molecule has 0 saturated heterocycles. The van der Waals surface area contributed by atoms with E-state index in [2.05, 4.69) is 33.4 Å². The Labute approximate surface area is 108 Å². The van der Waals surface area contributed by atoms with Crippen LogP contribution >= 0.6 is 0 Å². The van der Waals surface area contributed by atoms with Crippen LogP contribution in [0.15, 0.2) is 57.9 Å². The van der Waals surface area contributed by atoms with Crippen molar-refractivity contribution in [1.29, 1.82) is 0 Å². The van der Waals surface area contributed by atoms with Crippen molar-refractivity contribution in [2.24, 2.45) is 15.4 Å². The predicted octanol–water partition coefficient (Wildman–Crippen LogP) is 3.37. The molecule has 0 atom stereocenters. The summed E-state index contributed by atoms with van der Waals surface area (Å²) < 4.78 is 0. The topological polar surface area (TPSA) is 50.0 Å². The summed E-state index contributed by atoms with van der Waals surface area (Å²) in [4.78, 5) is 4.52. The number of nitrogens with zero attached hydrogens (tertiary/aromatic N) is 4. The zero-order valence-corrected chi connectivity index (χ0v) is 10.8. The van der Waals surface area contributed by atoms with Gasteiger partial charge in [-0.1, -0.05) is 31.2 Å². The summed E-state index contributed by atoms with van der Waals surface area (Å²) >= 11 is 0. The minimum atomic E-state index is 0.837. The van der Waals surface area contributed by atoms with Gasteiger partial charge in [0, 0.05) is 17.8 Å². The van der Waals surface area contributed by atoms with Gasteiger partial charge in [0.25, 0.3) is 0 Å². The molecule has 0 aliphatic carbocycles. The number of aromatic nitrogens is 1. The first kappa shape index (κ1) is 14.0. The summed E-state index contributed by atoms with van der Waals surface area (Å²) in [7, 11) is 1.58. The lowest BCUT2D eigenvalue weighted by Gasteiger charge is -1.98. The molecular weight excluding hydrogens is 224 g/mol. The van der Waals surface area contributed by atoms with Crippen molar-refractivity contribution >= 4 is 6.21 Å². The normalized spacial score (nSPS) is 12.6. The fraction of sp³-hybridized carbons (Fsp3) is 0.286. The second-order valence-corrected chi connectivity index (χ2v) is 3.54. The molecule has 0 aliphatic rings. The lowest BCUT2D eigenvalue weighted by Crippen LogP contribution is -1.92. The molecule has 0 spiro atoms. The van der Waals surface area contributed by atoms with Gasteiger partial charge in [0.15, 0.2) is 0 Å². The van der Waals surface area contributed by atoms with Crippen LogP contribution in [-0.2, 0) is 12.8 Å². The Bertz CT molecular complexity index is 459. The predicted molar refractivity (Wildman–Crippen MR) is 74.9 cm³/mol. The maximum absolute atomic E-state index is 4.52. The third-order valence-electron chi connectivity index (χ3n) is 2.21. The molecule has 94 valence electrons. The third-order valence-corrected chi connectivity index (χ3v) is 2.21. The van der Waals surface area contributed by atoms with E-state index in [0.29, 0.717) is 0 Å². The summed E-state index contributed by atoms with van der Waals surface area (Å²) in [6, 6.07) is 6.13. The van der Waals surface area contributed by atoms with Crippen LogP contribution in [-0.4, -0.2) is 18.2 Å². The molecule has 0 aliphatic heterocycles. The molecule has 18 heavy (non-hydrogen) atoms. The lowest BCUT2D eigenvalue weighted by atomic mass is 10.2. The van der Waals surface area contributed by atoms with Crippen LogP contribution in [0.25, 0.3) is 0 Å². The first-order valence-corrected chi connectivity index (χ1v) is 5.95. The van der Waals surface area contributed by atoms with Crippen LogP contribution in [0, 0.1) is 0 Å². The molecule has 0 N–H and O–H groups in total. The maximum atomic E-state index is 4.52. The van der Waals surface area contributed by atoms with Gasteiger partial charge in [-0.2, -0.15) is 5.11 Å². The minimum Gasteiger partial charge on any atom is -0.258 e. The molecule has 0 unspecified atom stereocenters. The second-order valence-electron chi connectivity index (χ2n) is 3.54. The molecule has 1 heterocycles. The van der Waals surface area contributed by atoms with Gasteiger partial charge in [0.1, 0.15) is 0 Å². The summed E-state index contributed by atoms with van der Waals surface area (Å²) in [5.74, 6) is 0. The van der Waals surface area contributed by atoms with Crippen LogP contribution in [0.4, 0.5) is 0 Å². The van der Waals surface area contributed by atoms with E-state index >= 15 is 0 Å². The van der Waals surface area contributed by atoms with E-state index < -0.39 is 0 Å². The Morgan fingerprint density at radius 3 is 2.78 bits per heavy atom. The molecule has 4 nitrogen and oxygen atoms in total. The van der Waals surface area contributed by atoms with Crippen LogP contribution < -0.4 is 0 Å². The number of aryl methyl sites for hydroxylation is 1. The first-order chi connectivity index (χ1) is 8.86. The minimum absolute atomic E-state index is 0.837. The Hall–Kier alpha value is -2.10. The highest BCUT2D eigenvalue weighted by atomic mass is 15.3. The highest BCUT2D eigenvalue weighted by Gasteiger charge is 1.92. The molecule has 0 amide bonds. The van der Waals surface area contributed by atoms with Gasteiger partial charge in [0.2, 0.25) is 0 Å². The molecule has 0 aromatic carbocycles. The van der Waals surface area contributed by atoms with E-state index in [0.717, 1.165) is 24.2 Å². The number of allylic oxidation sites excluding steroid dienone is 4. The van der Waals surface area contributed by atoms with E-state index in [1.807, 2.05) is 30.4 Å². The molecule has 4 heteroatoms. The molecule has 0 fully saturated rings. The van der Waals surface area contributed by atoms with Gasteiger partial charge in [-0.25, -0.2) is 0 Å². The molecule has 1 rings (SSSR count). The van der Waals surface area contributed by atoms with Gasteiger partial charge in [-0.05, 0) is 29.9 Å². The van der Waals surface area contributed by atoms with Crippen molar-refractivity contribution in [1.82, 2.24) is 4.98 Å². The van der Waals surface area contributed by atoms with Gasteiger partial charge < -0.3 is 0 Å². The molecule has 1 aromatic rings. The Balaban J connectivity index is 2.40. The fourth-order valence-corrected chi connectivity index (χ4v) is 1.34. The third kappa shape index (κ3) is 5.84. The fourth-order valence-electron chi connectivity index (χ4n) is 1.34. The highest BCUT2D eigenvalue weighted by molar-refractivity contribution is 5.71. The van der Waals surface area contributed by atoms with Crippen LogP contribution in [0.5, 0.6) is 0 Å². The average Bonchev–Trinajstić information content (AvgIpc) is 2.42. The number of pyridine rings is 1. The largest absolute Gasteiger partial charge is 0.258 e. The highest BCUT2D eigenvalue weighted by Crippen LogP contribution is 2.01. The molecule has 0 bridgehead atoms. The summed E-state index contributed by atoms with van der Waals surface area (Å²) in [6.45, 7) is 2.11. The van der Waals surface area contributed by atoms with Crippen LogP contribution in [0.2, 0.25) is 0 Å². The maximum Gasteiger partial charge on any atom is 0.0513 e. The smallest absolute Gasteiger partial charge is 0.0513 e. The molecule has 0 saturated carbocycles. The van der Waals surface area contributed by atoms with Crippen molar-refractivity contribution in [2.75, 3.05) is 7.05 Å². The summed E-state index contributed by atoms with van der Waals surface area (Å²) in [6.07, 6.45) is 11.1. The lowest BCUT2D eigenvalue weighted by molar-refractivity contribution is 0.982. The number of hydrogen-bond donors (Lipinski definition) is 0. The Kier molecular flexibility index (Phi) is 6.97. The second kappa shape index (κ2) is 8.98. The molecule has 0 radical (unpaired) electrons. The van der Waals surface area contributed by atoms with Crippen molar-refractivity contribution in [2.45, 2.75) is 19.8 Å². The van der Waals surface area contributed by atoms with Crippen LogP contribution in [0.3, 0.4) is 0 Å². The molecular formula is C14H18N4. The van der Waals surface area contributed by atoms with E-state index in [4.69, 9.17) is 0 Å². The zero-order valence-electron chi connectivity index (χ0n) is 10.8. The van der Waals surface area contributed by atoms with Gasteiger partial charge in [-0.15, -0.1) is 5.10 Å². The Morgan fingerprint density at radius 2 is 2.00 bits per heavy atom. The number of hydrogen-bond acceptors (Lipinski definition) is 3. The van der Waals surface area contributed by atoms with E-state index in [-0.39, 0.29) is 0 Å². The van der Waals surface area contributed by atoms with Gasteiger partial charge in [-0.3, -0.25) is 4.98 Å². The van der Waals surface area contributed by atoms with Gasteiger partial charge in [0.05, 0.1) is 13.3 Å². The van der Waals surface area contributed by atoms with E-state index in [1.165, 1.54) is 0 Å². The average molecular weight is 242 g/mol. The van der Waals surface area contributed by atoms with Crippen molar-refractivity contribution < 1.29 is 0 Å². The monoisotopic (exact) mass is 242 g/mol. The van der Waals surface area contributed by atoms with Crippen molar-refractivity contribution in [3.63, 3.8) is 0 Å². The first-order valence-electron chi connectivity index (χ1n) is 5.95. The summed E-state index contributed by atoms with van der Waals surface area (Å²) in [5, 5.41) is 10.6. The molecule has 1 aromatic heterocycles. The van der Waals surface area contributed by atoms with E-state index in [9.17, 15) is 0 Å². The van der Waals surface area contributed by atoms with Crippen molar-refractivity contribution in [3.8, 4) is 0 Å². The van der Waals surface area contributed by atoms with Crippen LogP contribution in [0.1, 0.15) is 18.3 Å². The SMILES string of the molecule is CCc1cccc(C/C=C/C=C/C=N/N=N/C)n1. The van der Waals surface area contributed by atoms with Crippen molar-refractivity contribution in [3.05, 3.63) is 53.9 Å².